The van der Waals surface area contributed by atoms with E-state index in [1.165, 1.54) is 5.56 Å². The Kier molecular flexibility index (Phi) is 8.24. The molecule has 0 saturated heterocycles. The Bertz CT molecular complexity index is 783. The Balaban J connectivity index is 2.17. The van der Waals surface area contributed by atoms with Gasteiger partial charge in [-0.15, -0.1) is 0 Å². The van der Waals surface area contributed by atoms with Gasteiger partial charge in [-0.05, 0) is 38.3 Å². The Morgan fingerprint density at radius 2 is 1.71 bits per heavy atom. The summed E-state index contributed by atoms with van der Waals surface area (Å²) in [6.07, 6.45) is 2.25. The predicted molar refractivity (Wildman–Crippen MR) is 114 cm³/mol. The van der Waals surface area contributed by atoms with E-state index >= 15 is 0 Å². The summed E-state index contributed by atoms with van der Waals surface area (Å²) < 4.78 is 0. The normalized spacial score (nSPS) is 11.7. The Labute approximate surface area is 169 Å². The maximum atomic E-state index is 13.1. The Morgan fingerprint density at radius 3 is 2.36 bits per heavy atom. The fourth-order valence-corrected chi connectivity index (χ4v) is 3.11. The molecule has 0 saturated carbocycles. The molecule has 28 heavy (non-hydrogen) atoms. The molecule has 0 aliphatic rings. The molecule has 1 atom stereocenters. The number of amides is 2. The zero-order valence-electron chi connectivity index (χ0n) is 17.5. The van der Waals surface area contributed by atoms with E-state index < -0.39 is 6.04 Å². The molecule has 2 aromatic carbocycles. The van der Waals surface area contributed by atoms with Crippen LogP contribution in [0.3, 0.4) is 0 Å². The van der Waals surface area contributed by atoms with Crippen molar-refractivity contribution in [1.29, 1.82) is 0 Å². The second-order valence-electron chi connectivity index (χ2n) is 7.49. The molecule has 0 heterocycles. The van der Waals surface area contributed by atoms with Gasteiger partial charge in [-0.2, -0.15) is 0 Å². The first-order chi connectivity index (χ1) is 13.4. The third kappa shape index (κ3) is 6.52. The summed E-state index contributed by atoms with van der Waals surface area (Å²) in [5, 5.41) is 2.95. The van der Waals surface area contributed by atoms with Crippen molar-refractivity contribution < 1.29 is 9.59 Å². The van der Waals surface area contributed by atoms with Gasteiger partial charge in [-0.25, -0.2) is 0 Å². The summed E-state index contributed by atoms with van der Waals surface area (Å²) in [5.41, 5.74) is 4.29. The van der Waals surface area contributed by atoms with Gasteiger partial charge in [0.05, 0.1) is 6.42 Å². The van der Waals surface area contributed by atoms with Crippen LogP contribution in [0.5, 0.6) is 0 Å². The molecule has 4 heteroatoms. The van der Waals surface area contributed by atoms with Crippen LogP contribution < -0.4 is 5.32 Å². The average Bonchev–Trinajstić information content (AvgIpc) is 2.67. The third-order valence-electron chi connectivity index (χ3n) is 4.91. The van der Waals surface area contributed by atoms with Crippen molar-refractivity contribution in [3.8, 4) is 0 Å². The molecule has 2 rings (SSSR count). The Hall–Kier alpha value is -2.62. The number of benzene rings is 2. The minimum atomic E-state index is -0.518. The van der Waals surface area contributed by atoms with Gasteiger partial charge in [0, 0.05) is 13.1 Å². The molecule has 0 radical (unpaired) electrons. The maximum absolute atomic E-state index is 13.1. The summed E-state index contributed by atoms with van der Waals surface area (Å²) >= 11 is 0. The smallest absolute Gasteiger partial charge is 0.242 e. The van der Waals surface area contributed by atoms with Crippen molar-refractivity contribution in [2.45, 2.75) is 59.5 Å². The monoisotopic (exact) mass is 380 g/mol. The molecular weight excluding hydrogens is 348 g/mol. The average molecular weight is 381 g/mol. The van der Waals surface area contributed by atoms with Gasteiger partial charge in [0.25, 0.3) is 0 Å². The van der Waals surface area contributed by atoms with Crippen LogP contribution in [0, 0.1) is 13.8 Å². The standard InChI is InChI=1S/C24H32N2O2/c1-5-6-14-25-24(28)20(4)26(17-21-12-10-18(2)11-13-21)23(27)16-22-9-7-8-19(3)15-22/h7-13,15,20H,5-6,14,16-17H2,1-4H3,(H,25,28)/t20-/m0/s1. The van der Waals surface area contributed by atoms with E-state index in [1.807, 2.05) is 69.3 Å². The molecule has 2 amide bonds. The van der Waals surface area contributed by atoms with Crippen LogP contribution in [0.25, 0.3) is 0 Å². The summed E-state index contributed by atoms with van der Waals surface area (Å²) in [7, 11) is 0. The largest absolute Gasteiger partial charge is 0.354 e. The number of hydrogen-bond acceptors (Lipinski definition) is 2. The lowest BCUT2D eigenvalue weighted by Crippen LogP contribution is -2.48. The predicted octanol–water partition coefficient (Wildman–Crippen LogP) is 4.18. The second-order valence-corrected chi connectivity index (χ2v) is 7.49. The number of hydrogen-bond donors (Lipinski definition) is 1. The second kappa shape index (κ2) is 10.6. The molecule has 0 spiro atoms. The van der Waals surface area contributed by atoms with Gasteiger partial charge in [-0.3, -0.25) is 9.59 Å². The van der Waals surface area contributed by atoms with Crippen molar-refractivity contribution in [1.82, 2.24) is 10.2 Å². The molecule has 0 aliphatic heterocycles. The van der Waals surface area contributed by atoms with E-state index in [2.05, 4.69) is 12.2 Å². The van der Waals surface area contributed by atoms with Gasteiger partial charge in [-0.1, -0.05) is 73.0 Å². The first kappa shape index (κ1) is 21.7. The topological polar surface area (TPSA) is 49.4 Å². The first-order valence-electron chi connectivity index (χ1n) is 10.1. The zero-order chi connectivity index (χ0) is 20.5. The SMILES string of the molecule is CCCCNC(=O)[C@H](C)N(Cc1ccc(C)cc1)C(=O)Cc1cccc(C)c1. The Morgan fingerprint density at radius 1 is 1.00 bits per heavy atom. The van der Waals surface area contributed by atoms with E-state index in [-0.39, 0.29) is 11.8 Å². The first-order valence-corrected chi connectivity index (χ1v) is 10.1. The number of carbonyl (C=O) groups excluding carboxylic acids is 2. The molecule has 2 aromatic rings. The van der Waals surface area contributed by atoms with Crippen molar-refractivity contribution in [2.75, 3.05) is 6.54 Å². The van der Waals surface area contributed by atoms with Gasteiger partial charge in [0.15, 0.2) is 0 Å². The van der Waals surface area contributed by atoms with E-state index in [0.717, 1.165) is 29.5 Å². The van der Waals surface area contributed by atoms with Crippen LogP contribution in [0.4, 0.5) is 0 Å². The van der Waals surface area contributed by atoms with Gasteiger partial charge >= 0.3 is 0 Å². The number of nitrogens with one attached hydrogen (secondary N) is 1. The fourth-order valence-electron chi connectivity index (χ4n) is 3.11. The minimum Gasteiger partial charge on any atom is -0.354 e. The van der Waals surface area contributed by atoms with Crippen molar-refractivity contribution in [3.63, 3.8) is 0 Å². The van der Waals surface area contributed by atoms with Gasteiger partial charge in [0.1, 0.15) is 6.04 Å². The number of carbonyl (C=O) groups is 2. The van der Waals surface area contributed by atoms with Crippen LogP contribution in [-0.2, 0) is 22.6 Å². The van der Waals surface area contributed by atoms with Gasteiger partial charge in [0.2, 0.25) is 11.8 Å². The summed E-state index contributed by atoms with van der Waals surface area (Å²) in [4.78, 5) is 27.4. The quantitative estimate of drug-likeness (QED) is 0.664. The van der Waals surface area contributed by atoms with Crippen molar-refractivity contribution in [3.05, 3.63) is 70.8 Å². The highest BCUT2D eigenvalue weighted by atomic mass is 16.2. The highest BCUT2D eigenvalue weighted by Gasteiger charge is 2.26. The zero-order valence-corrected chi connectivity index (χ0v) is 17.5. The summed E-state index contributed by atoms with van der Waals surface area (Å²) in [6, 6.07) is 15.5. The molecular formula is C24H32N2O2. The van der Waals surface area contributed by atoms with E-state index in [1.54, 1.807) is 4.90 Å². The molecule has 1 N–H and O–H groups in total. The molecule has 4 nitrogen and oxygen atoms in total. The summed E-state index contributed by atoms with van der Waals surface area (Å²) in [5.74, 6) is -0.137. The minimum absolute atomic E-state index is 0.0377. The van der Waals surface area contributed by atoms with Crippen LogP contribution in [0.1, 0.15) is 48.9 Å². The van der Waals surface area contributed by atoms with Crippen LogP contribution >= 0.6 is 0 Å². The highest BCUT2D eigenvalue weighted by molar-refractivity contribution is 5.88. The number of unbranched alkanes of at least 4 members (excludes halogenated alkanes) is 1. The third-order valence-corrected chi connectivity index (χ3v) is 4.91. The lowest BCUT2D eigenvalue weighted by atomic mass is 10.1. The number of aryl methyl sites for hydroxylation is 2. The highest BCUT2D eigenvalue weighted by Crippen LogP contribution is 2.14. The summed E-state index contributed by atoms with van der Waals surface area (Å²) in [6.45, 7) is 9.02. The van der Waals surface area contributed by atoms with E-state index in [4.69, 9.17) is 0 Å². The van der Waals surface area contributed by atoms with E-state index in [0.29, 0.717) is 19.5 Å². The van der Waals surface area contributed by atoms with Gasteiger partial charge < -0.3 is 10.2 Å². The molecule has 0 aromatic heterocycles. The number of nitrogens with zero attached hydrogens (tertiary/aromatic N) is 1. The maximum Gasteiger partial charge on any atom is 0.242 e. The number of rotatable bonds is 9. The van der Waals surface area contributed by atoms with Crippen molar-refractivity contribution >= 4 is 11.8 Å². The molecule has 0 unspecified atom stereocenters. The molecule has 0 bridgehead atoms. The lowest BCUT2D eigenvalue weighted by Gasteiger charge is -2.29. The lowest BCUT2D eigenvalue weighted by molar-refractivity contribution is -0.140. The van der Waals surface area contributed by atoms with Crippen molar-refractivity contribution in [2.24, 2.45) is 0 Å². The molecule has 0 fully saturated rings. The van der Waals surface area contributed by atoms with Crippen LogP contribution in [0.15, 0.2) is 48.5 Å². The van der Waals surface area contributed by atoms with Crippen LogP contribution in [-0.4, -0.2) is 29.3 Å². The van der Waals surface area contributed by atoms with Crippen LogP contribution in [0.2, 0.25) is 0 Å². The molecule has 0 aliphatic carbocycles. The fraction of sp³-hybridized carbons (Fsp3) is 0.417. The van der Waals surface area contributed by atoms with E-state index in [9.17, 15) is 9.59 Å². The molecule has 150 valence electrons.